The van der Waals surface area contributed by atoms with E-state index in [1.54, 1.807) is 18.5 Å². The minimum Gasteiger partial charge on any atom is -0.458 e. The highest BCUT2D eigenvalue weighted by Gasteiger charge is 2.64. The first-order valence-electron chi connectivity index (χ1n) is 9.83. The summed E-state index contributed by atoms with van der Waals surface area (Å²) in [5, 5.41) is 20.5. The maximum atomic E-state index is 13.5. The number of rotatable bonds is 2. The number of nitrogens with zero attached hydrogens (tertiary/aromatic N) is 4. The van der Waals surface area contributed by atoms with Crippen LogP contribution in [0.25, 0.3) is 6.08 Å². The van der Waals surface area contributed by atoms with Gasteiger partial charge in [0.1, 0.15) is 11.6 Å². The molecule has 30 heavy (non-hydrogen) atoms. The predicted molar refractivity (Wildman–Crippen MR) is 112 cm³/mol. The number of fused-ring (bicyclic) bond motifs is 3. The van der Waals surface area contributed by atoms with E-state index in [9.17, 15) is 15.3 Å². The van der Waals surface area contributed by atoms with Crippen LogP contribution < -0.4 is 4.90 Å². The Labute approximate surface area is 176 Å². The molecular formula is C24H22N4O2. The Kier molecular flexibility index (Phi) is 4.59. The predicted octanol–water partition coefficient (Wildman–Crippen LogP) is 3.82. The molecule has 2 aliphatic heterocycles. The normalized spacial score (nSPS) is 23.6. The summed E-state index contributed by atoms with van der Waals surface area (Å²) >= 11 is 0. The summed E-state index contributed by atoms with van der Waals surface area (Å²) in [7, 11) is 0. The Hall–Kier alpha value is -3.64. The van der Waals surface area contributed by atoms with E-state index in [-0.39, 0.29) is 0 Å². The Bertz CT molecular complexity index is 1070. The lowest BCUT2D eigenvalue weighted by atomic mass is 9.70. The van der Waals surface area contributed by atoms with Crippen molar-refractivity contribution in [1.29, 1.82) is 10.5 Å². The highest BCUT2D eigenvalue weighted by molar-refractivity contribution is 5.88. The molecule has 1 aromatic heterocycles. The monoisotopic (exact) mass is 398 g/mol. The van der Waals surface area contributed by atoms with Crippen LogP contribution in [-0.2, 0) is 9.53 Å². The molecule has 0 bridgehead atoms. The minimum absolute atomic E-state index is 0.459. The smallest absolute Gasteiger partial charge is 0.330 e. The van der Waals surface area contributed by atoms with Crippen molar-refractivity contribution in [3.63, 3.8) is 0 Å². The molecule has 0 unspecified atom stereocenters. The topological polar surface area (TPSA) is 90.0 Å². The van der Waals surface area contributed by atoms with Gasteiger partial charge in [0.05, 0.1) is 24.1 Å². The van der Waals surface area contributed by atoms with E-state index in [2.05, 4.69) is 17.1 Å². The second-order valence-electron chi connectivity index (χ2n) is 8.61. The molecule has 1 aromatic carbocycles. The van der Waals surface area contributed by atoms with Gasteiger partial charge in [-0.25, -0.2) is 4.79 Å². The second-order valence-corrected chi connectivity index (χ2v) is 8.61. The number of ether oxygens (including phenoxy) is 1. The van der Waals surface area contributed by atoms with Crippen molar-refractivity contribution in [3.05, 3.63) is 66.0 Å². The number of benzene rings is 1. The van der Waals surface area contributed by atoms with Gasteiger partial charge in [0.2, 0.25) is 0 Å². The van der Waals surface area contributed by atoms with Crippen LogP contribution in [0.5, 0.6) is 0 Å². The molecular weight excluding hydrogens is 376 g/mol. The van der Waals surface area contributed by atoms with Crippen molar-refractivity contribution in [2.75, 3.05) is 4.90 Å². The number of hydrogen-bond acceptors (Lipinski definition) is 6. The molecule has 2 aromatic rings. The van der Waals surface area contributed by atoms with Crippen molar-refractivity contribution in [2.45, 2.75) is 44.4 Å². The van der Waals surface area contributed by atoms with Crippen LogP contribution in [0.3, 0.4) is 0 Å². The van der Waals surface area contributed by atoms with Crippen molar-refractivity contribution < 1.29 is 9.53 Å². The fraction of sp³-hybridized carbons (Fsp3) is 0.333. The van der Waals surface area contributed by atoms with E-state index in [1.807, 2.05) is 68.2 Å². The van der Waals surface area contributed by atoms with Crippen LogP contribution in [0.2, 0.25) is 0 Å². The van der Waals surface area contributed by atoms with Gasteiger partial charge in [-0.2, -0.15) is 10.5 Å². The minimum atomic E-state index is -1.48. The first kappa shape index (κ1) is 19.7. The van der Waals surface area contributed by atoms with E-state index in [0.29, 0.717) is 5.56 Å². The first-order valence-corrected chi connectivity index (χ1v) is 9.83. The number of carbonyl (C=O) groups excluding carboxylic acids is 1. The summed E-state index contributed by atoms with van der Waals surface area (Å²) in [6.45, 7) is 5.42. The molecule has 4 rings (SSSR count). The number of pyridine rings is 1. The maximum absolute atomic E-state index is 13.5. The third kappa shape index (κ3) is 2.93. The highest BCUT2D eigenvalue weighted by atomic mass is 16.6. The number of para-hydroxylation sites is 1. The molecule has 6 nitrogen and oxygen atoms in total. The fourth-order valence-corrected chi connectivity index (χ4v) is 4.50. The Morgan fingerprint density at radius 1 is 1.17 bits per heavy atom. The third-order valence-electron chi connectivity index (χ3n) is 5.61. The zero-order valence-corrected chi connectivity index (χ0v) is 17.1. The Morgan fingerprint density at radius 2 is 1.90 bits per heavy atom. The number of anilines is 1. The average Bonchev–Trinajstić information content (AvgIpc) is 3.04. The quantitative estimate of drug-likeness (QED) is 0.714. The molecule has 0 amide bonds. The van der Waals surface area contributed by atoms with Gasteiger partial charge < -0.3 is 9.64 Å². The summed E-state index contributed by atoms with van der Waals surface area (Å²) in [4.78, 5) is 19.6. The highest BCUT2D eigenvalue weighted by Crippen LogP contribution is 2.55. The van der Waals surface area contributed by atoms with Gasteiger partial charge in [-0.3, -0.25) is 4.98 Å². The molecule has 3 atom stereocenters. The summed E-state index contributed by atoms with van der Waals surface area (Å²) in [6.07, 6.45) is 7.02. The summed E-state index contributed by atoms with van der Waals surface area (Å²) in [5.74, 6) is -1.18. The number of carbonyl (C=O) groups is 1. The van der Waals surface area contributed by atoms with E-state index >= 15 is 0 Å². The van der Waals surface area contributed by atoms with Gasteiger partial charge in [0.15, 0.2) is 5.41 Å². The summed E-state index contributed by atoms with van der Waals surface area (Å²) in [6, 6.07) is 14.3. The second kappa shape index (κ2) is 7.00. The SMILES string of the molecule is CC(C)(C)OC(=O)[C@@H]1[C@@H](c2cccnc2)C(C#N)(C#N)[C@H]2C=Cc3ccccc3N12. The lowest BCUT2D eigenvalue weighted by molar-refractivity contribution is -0.156. The molecule has 1 fully saturated rings. The number of aromatic nitrogens is 1. The zero-order chi connectivity index (χ0) is 21.5. The molecule has 2 aliphatic rings. The number of nitriles is 2. The van der Waals surface area contributed by atoms with Gasteiger partial charge in [-0.15, -0.1) is 0 Å². The van der Waals surface area contributed by atoms with Crippen molar-refractivity contribution >= 4 is 17.7 Å². The van der Waals surface area contributed by atoms with E-state index in [0.717, 1.165) is 11.3 Å². The number of esters is 1. The first-order chi connectivity index (χ1) is 14.3. The summed E-state index contributed by atoms with van der Waals surface area (Å²) in [5.41, 5.74) is 0.217. The van der Waals surface area contributed by atoms with Gasteiger partial charge in [0.25, 0.3) is 0 Å². The standard InChI is InChI=1S/C24H22N4O2/c1-23(2,3)30-22(29)21-20(17-8-6-12-27-13-17)24(14-25,15-26)19-11-10-16-7-4-5-9-18(16)28(19)21/h4-13,19-21H,1-3H3/t19-,20-,21+/m1/s1. The Morgan fingerprint density at radius 3 is 2.53 bits per heavy atom. The van der Waals surface area contributed by atoms with E-state index < -0.39 is 35.0 Å². The molecule has 0 aliphatic carbocycles. The van der Waals surface area contributed by atoms with E-state index in [4.69, 9.17) is 4.74 Å². The van der Waals surface area contributed by atoms with Crippen LogP contribution in [-0.4, -0.2) is 28.6 Å². The van der Waals surface area contributed by atoms with Gasteiger partial charge in [-0.05, 0) is 44.0 Å². The lowest BCUT2D eigenvalue weighted by Crippen LogP contribution is -2.46. The average molecular weight is 398 g/mol. The molecule has 150 valence electrons. The van der Waals surface area contributed by atoms with Gasteiger partial charge >= 0.3 is 5.97 Å². The molecule has 1 saturated heterocycles. The van der Waals surface area contributed by atoms with Gasteiger partial charge in [-0.1, -0.05) is 36.4 Å². The maximum Gasteiger partial charge on any atom is 0.330 e. The van der Waals surface area contributed by atoms with Crippen LogP contribution in [0.1, 0.15) is 37.8 Å². The molecule has 3 heterocycles. The van der Waals surface area contributed by atoms with Crippen LogP contribution in [0.4, 0.5) is 5.69 Å². The van der Waals surface area contributed by atoms with Gasteiger partial charge in [0, 0.05) is 18.1 Å². The number of hydrogen-bond donors (Lipinski definition) is 0. The molecule has 0 saturated carbocycles. The van der Waals surface area contributed by atoms with E-state index in [1.165, 1.54) is 0 Å². The molecule has 0 N–H and O–H groups in total. The summed E-state index contributed by atoms with van der Waals surface area (Å²) < 4.78 is 5.78. The van der Waals surface area contributed by atoms with Crippen molar-refractivity contribution in [1.82, 2.24) is 4.98 Å². The molecule has 0 spiro atoms. The lowest BCUT2D eigenvalue weighted by Gasteiger charge is -2.36. The third-order valence-corrected chi connectivity index (χ3v) is 5.61. The Balaban J connectivity index is 1.97. The van der Waals surface area contributed by atoms with Crippen molar-refractivity contribution in [2.24, 2.45) is 5.41 Å². The van der Waals surface area contributed by atoms with Crippen LogP contribution >= 0.6 is 0 Å². The zero-order valence-electron chi connectivity index (χ0n) is 17.1. The van der Waals surface area contributed by atoms with Crippen molar-refractivity contribution in [3.8, 4) is 12.1 Å². The van der Waals surface area contributed by atoms with Crippen LogP contribution in [0.15, 0.2) is 54.9 Å². The fourth-order valence-electron chi connectivity index (χ4n) is 4.50. The van der Waals surface area contributed by atoms with Crippen LogP contribution in [0, 0.1) is 28.1 Å². The molecule has 0 radical (unpaired) electrons. The molecule has 6 heteroatoms. The largest absolute Gasteiger partial charge is 0.458 e.